The maximum atomic E-state index is 12.8. The van der Waals surface area contributed by atoms with E-state index in [1.807, 2.05) is 12.1 Å². The lowest BCUT2D eigenvalue weighted by Crippen LogP contribution is -2.24. The molecule has 2 rings (SSSR count). The van der Waals surface area contributed by atoms with Gasteiger partial charge >= 0.3 is 0 Å². The Morgan fingerprint density at radius 1 is 1.33 bits per heavy atom. The highest BCUT2D eigenvalue weighted by Crippen LogP contribution is 2.30. The van der Waals surface area contributed by atoms with Gasteiger partial charge in [-0.05, 0) is 37.0 Å². The predicted octanol–water partition coefficient (Wildman–Crippen LogP) is 3.87. The van der Waals surface area contributed by atoms with Crippen LogP contribution in [0, 0.1) is 5.82 Å². The molecule has 0 N–H and O–H groups in total. The summed E-state index contributed by atoms with van der Waals surface area (Å²) in [4.78, 5) is 0. The second-order valence-corrected chi connectivity index (χ2v) is 4.76. The fraction of sp³-hybridized carbons (Fsp3) is 0.500. The lowest BCUT2D eigenvalue weighted by Gasteiger charge is -2.30. The molecule has 3 heteroatoms. The summed E-state index contributed by atoms with van der Waals surface area (Å²) < 4.78 is 19.6. The van der Waals surface area contributed by atoms with Crippen LogP contribution in [-0.2, 0) is 4.74 Å². The molecule has 0 amide bonds. The fourth-order valence-electron chi connectivity index (χ4n) is 1.62. The van der Waals surface area contributed by atoms with Gasteiger partial charge in [0.15, 0.2) is 0 Å². The van der Waals surface area contributed by atoms with E-state index in [0.717, 1.165) is 9.99 Å². The first-order chi connectivity index (χ1) is 7.29. The smallest absolute Gasteiger partial charge is 0.123 e. The molecule has 0 radical (unpaired) electrons. The SMILES string of the molecule is Fc1ccc(C(CI)OC2CCC2)cc1. The van der Waals surface area contributed by atoms with Crippen molar-refractivity contribution in [2.45, 2.75) is 31.5 Å². The van der Waals surface area contributed by atoms with Crippen molar-refractivity contribution >= 4 is 22.6 Å². The monoisotopic (exact) mass is 320 g/mol. The molecule has 0 heterocycles. The van der Waals surface area contributed by atoms with E-state index in [-0.39, 0.29) is 11.9 Å². The van der Waals surface area contributed by atoms with Gasteiger partial charge in [-0.3, -0.25) is 0 Å². The van der Waals surface area contributed by atoms with Gasteiger partial charge in [0.1, 0.15) is 5.82 Å². The summed E-state index contributed by atoms with van der Waals surface area (Å²) in [6.07, 6.45) is 4.18. The molecule has 1 nitrogen and oxygen atoms in total. The summed E-state index contributed by atoms with van der Waals surface area (Å²) in [5.74, 6) is -0.186. The molecular formula is C12H14FIO. The lowest BCUT2D eigenvalue weighted by molar-refractivity contribution is -0.0411. The largest absolute Gasteiger partial charge is 0.369 e. The Morgan fingerprint density at radius 2 is 2.00 bits per heavy atom. The summed E-state index contributed by atoms with van der Waals surface area (Å²) in [6, 6.07) is 6.63. The molecule has 1 saturated carbocycles. The van der Waals surface area contributed by atoms with Crippen molar-refractivity contribution in [1.82, 2.24) is 0 Å². The normalized spacial score (nSPS) is 18.5. The Morgan fingerprint density at radius 3 is 2.47 bits per heavy atom. The van der Waals surface area contributed by atoms with Gasteiger partial charge in [-0.2, -0.15) is 0 Å². The molecule has 1 aromatic carbocycles. The Bertz CT molecular complexity index is 308. The van der Waals surface area contributed by atoms with Crippen molar-refractivity contribution in [2.24, 2.45) is 0 Å². The van der Waals surface area contributed by atoms with Crippen molar-refractivity contribution < 1.29 is 9.13 Å². The van der Waals surface area contributed by atoms with Gasteiger partial charge < -0.3 is 4.74 Å². The first kappa shape index (κ1) is 11.3. The number of hydrogen-bond donors (Lipinski definition) is 0. The summed E-state index contributed by atoms with van der Waals surface area (Å²) >= 11 is 2.32. The topological polar surface area (TPSA) is 9.23 Å². The Hall–Kier alpha value is -0.160. The maximum Gasteiger partial charge on any atom is 0.123 e. The Kier molecular flexibility index (Phi) is 3.97. The molecule has 1 fully saturated rings. The molecule has 0 saturated heterocycles. The van der Waals surface area contributed by atoms with Crippen LogP contribution in [0.15, 0.2) is 24.3 Å². The maximum absolute atomic E-state index is 12.8. The third-order valence-corrected chi connectivity index (χ3v) is 3.59. The highest BCUT2D eigenvalue weighted by molar-refractivity contribution is 14.1. The molecule has 1 aliphatic carbocycles. The average molecular weight is 320 g/mol. The van der Waals surface area contributed by atoms with Gasteiger partial charge in [-0.15, -0.1) is 0 Å². The van der Waals surface area contributed by atoms with Crippen LogP contribution in [-0.4, -0.2) is 10.5 Å². The highest BCUT2D eigenvalue weighted by Gasteiger charge is 2.22. The van der Waals surface area contributed by atoms with Gasteiger partial charge in [0, 0.05) is 4.43 Å². The summed E-state index contributed by atoms with van der Waals surface area (Å²) in [5.41, 5.74) is 1.08. The molecule has 15 heavy (non-hydrogen) atoms. The van der Waals surface area contributed by atoms with E-state index in [0.29, 0.717) is 6.10 Å². The number of halogens is 2. The molecule has 1 aliphatic rings. The second-order valence-electron chi connectivity index (χ2n) is 3.88. The number of hydrogen-bond acceptors (Lipinski definition) is 1. The summed E-state index contributed by atoms with van der Waals surface area (Å²) in [6.45, 7) is 0. The quantitative estimate of drug-likeness (QED) is 0.604. The molecule has 0 bridgehead atoms. The second kappa shape index (κ2) is 5.25. The third-order valence-electron chi connectivity index (χ3n) is 2.79. The van der Waals surface area contributed by atoms with Gasteiger partial charge in [0.2, 0.25) is 0 Å². The van der Waals surface area contributed by atoms with Crippen LogP contribution in [0.25, 0.3) is 0 Å². The first-order valence-corrected chi connectivity index (χ1v) is 6.79. The van der Waals surface area contributed by atoms with Crippen LogP contribution in [0.3, 0.4) is 0 Å². The standard InChI is InChI=1S/C12H14FIO/c13-10-6-4-9(5-7-10)12(8-14)15-11-2-1-3-11/h4-7,11-12H,1-3,8H2. The van der Waals surface area contributed by atoms with Gasteiger partial charge in [0.25, 0.3) is 0 Å². The van der Waals surface area contributed by atoms with Gasteiger partial charge in [-0.1, -0.05) is 34.7 Å². The van der Waals surface area contributed by atoms with Crippen LogP contribution >= 0.6 is 22.6 Å². The van der Waals surface area contributed by atoms with E-state index >= 15 is 0 Å². The zero-order chi connectivity index (χ0) is 10.7. The zero-order valence-electron chi connectivity index (χ0n) is 8.46. The molecule has 82 valence electrons. The van der Waals surface area contributed by atoms with Crippen molar-refractivity contribution in [2.75, 3.05) is 4.43 Å². The van der Waals surface area contributed by atoms with Crippen LogP contribution in [0.5, 0.6) is 0 Å². The van der Waals surface area contributed by atoms with E-state index in [1.165, 1.54) is 31.4 Å². The minimum atomic E-state index is -0.186. The zero-order valence-corrected chi connectivity index (χ0v) is 10.6. The highest BCUT2D eigenvalue weighted by atomic mass is 127. The summed E-state index contributed by atoms with van der Waals surface area (Å²) in [5, 5.41) is 0. The van der Waals surface area contributed by atoms with Crippen LogP contribution in [0.2, 0.25) is 0 Å². The molecule has 1 aromatic rings. The van der Waals surface area contributed by atoms with E-state index in [2.05, 4.69) is 22.6 Å². The predicted molar refractivity (Wildman–Crippen MR) is 66.8 cm³/mol. The first-order valence-electron chi connectivity index (χ1n) is 5.26. The molecule has 0 spiro atoms. The number of alkyl halides is 1. The minimum absolute atomic E-state index is 0.122. The van der Waals surface area contributed by atoms with E-state index in [4.69, 9.17) is 4.74 Å². The third kappa shape index (κ3) is 2.91. The average Bonchev–Trinajstić information content (AvgIpc) is 2.19. The minimum Gasteiger partial charge on any atom is -0.369 e. The summed E-state index contributed by atoms with van der Waals surface area (Å²) in [7, 11) is 0. The molecule has 1 unspecified atom stereocenters. The van der Waals surface area contributed by atoms with Crippen LogP contribution in [0.4, 0.5) is 4.39 Å². The number of ether oxygens (including phenoxy) is 1. The van der Waals surface area contributed by atoms with Crippen molar-refractivity contribution in [3.05, 3.63) is 35.6 Å². The molecular weight excluding hydrogens is 306 g/mol. The number of benzene rings is 1. The van der Waals surface area contributed by atoms with Crippen molar-refractivity contribution in [3.8, 4) is 0 Å². The van der Waals surface area contributed by atoms with Crippen molar-refractivity contribution in [1.29, 1.82) is 0 Å². The molecule has 0 aliphatic heterocycles. The van der Waals surface area contributed by atoms with E-state index in [1.54, 1.807) is 0 Å². The fourth-order valence-corrected chi connectivity index (χ4v) is 2.34. The van der Waals surface area contributed by atoms with E-state index in [9.17, 15) is 4.39 Å². The van der Waals surface area contributed by atoms with Crippen molar-refractivity contribution in [3.63, 3.8) is 0 Å². The Balaban J connectivity index is 2.01. The van der Waals surface area contributed by atoms with Crippen LogP contribution < -0.4 is 0 Å². The van der Waals surface area contributed by atoms with Crippen LogP contribution in [0.1, 0.15) is 30.9 Å². The molecule has 0 aromatic heterocycles. The lowest BCUT2D eigenvalue weighted by atomic mass is 9.96. The Labute approximate surface area is 103 Å². The molecule has 1 atom stereocenters. The van der Waals surface area contributed by atoms with Gasteiger partial charge in [-0.25, -0.2) is 4.39 Å². The number of rotatable bonds is 4. The van der Waals surface area contributed by atoms with E-state index < -0.39 is 0 Å². The van der Waals surface area contributed by atoms with Gasteiger partial charge in [0.05, 0.1) is 12.2 Å².